The summed E-state index contributed by atoms with van der Waals surface area (Å²) in [7, 11) is -4.56. The number of rotatable bonds is 22. The van der Waals surface area contributed by atoms with Crippen molar-refractivity contribution in [3.05, 3.63) is 0 Å². The first-order valence-corrected chi connectivity index (χ1v) is 13.4. The lowest BCUT2D eigenvalue weighted by Crippen LogP contribution is -2.13. The molecule has 0 bridgehead atoms. The number of phosphoric acid groups is 1. The van der Waals surface area contributed by atoms with Gasteiger partial charge in [0, 0.05) is 0 Å². The van der Waals surface area contributed by atoms with Gasteiger partial charge in [0.2, 0.25) is 0 Å². The van der Waals surface area contributed by atoms with Crippen LogP contribution in [0.5, 0.6) is 0 Å². The fraction of sp³-hybridized carbons (Fsp3) is 1.00. The van der Waals surface area contributed by atoms with Gasteiger partial charge in [-0.1, -0.05) is 123 Å². The third kappa shape index (κ3) is 22.4. The predicted octanol–water partition coefficient (Wildman–Crippen LogP) is 7.85. The predicted molar refractivity (Wildman–Crippen MR) is 117 cm³/mol. The third-order valence-electron chi connectivity index (χ3n) is 5.29. The van der Waals surface area contributed by atoms with Crippen molar-refractivity contribution in [1.29, 1.82) is 0 Å². The van der Waals surface area contributed by atoms with Crippen LogP contribution in [-0.4, -0.2) is 15.9 Å². The standard InChI is InChI=1S/C22H47O5P/c1-3-5-7-9-10-11-12-13-14-15-16-17-19-21-22(20-18-8-6-4-2)26-27-28(23,24)25/h22H,3-21H2,1-2H3,(H2,23,24,25). The van der Waals surface area contributed by atoms with Crippen molar-refractivity contribution in [3.8, 4) is 0 Å². The molecule has 0 aliphatic carbocycles. The zero-order chi connectivity index (χ0) is 20.9. The average Bonchev–Trinajstić information content (AvgIpc) is 2.65. The van der Waals surface area contributed by atoms with Gasteiger partial charge in [0.05, 0.1) is 6.10 Å². The lowest BCUT2D eigenvalue weighted by Gasteiger charge is -2.16. The number of hydrogen-bond donors (Lipinski definition) is 2. The van der Waals surface area contributed by atoms with Crippen molar-refractivity contribution in [1.82, 2.24) is 0 Å². The van der Waals surface area contributed by atoms with Gasteiger partial charge in [0.25, 0.3) is 0 Å². The Morgan fingerprint density at radius 2 is 0.929 bits per heavy atom. The largest absolute Gasteiger partial charge is 0.496 e. The highest BCUT2D eigenvalue weighted by atomic mass is 31.2. The van der Waals surface area contributed by atoms with Crippen LogP contribution >= 0.6 is 7.82 Å². The van der Waals surface area contributed by atoms with Crippen LogP contribution in [-0.2, 0) is 14.1 Å². The van der Waals surface area contributed by atoms with Gasteiger partial charge < -0.3 is 9.79 Å². The molecule has 0 saturated carbocycles. The van der Waals surface area contributed by atoms with Gasteiger partial charge in [0.1, 0.15) is 0 Å². The first-order chi connectivity index (χ1) is 13.5. The third-order valence-corrected chi connectivity index (χ3v) is 5.57. The van der Waals surface area contributed by atoms with E-state index in [1.165, 1.54) is 83.5 Å². The first-order valence-electron chi connectivity index (χ1n) is 11.9. The Labute approximate surface area is 174 Å². The highest BCUT2D eigenvalue weighted by Crippen LogP contribution is 2.37. The van der Waals surface area contributed by atoms with Crippen LogP contribution in [0.15, 0.2) is 0 Å². The van der Waals surface area contributed by atoms with Crippen molar-refractivity contribution in [2.45, 2.75) is 142 Å². The maximum Gasteiger partial charge on any atom is 0.496 e. The van der Waals surface area contributed by atoms with Gasteiger partial charge in [-0.05, 0) is 12.8 Å². The molecule has 6 heteroatoms. The number of unbranched alkanes of at least 4 members (excludes halogenated alkanes) is 15. The minimum Gasteiger partial charge on any atom is -0.301 e. The van der Waals surface area contributed by atoms with E-state index in [-0.39, 0.29) is 6.10 Å². The van der Waals surface area contributed by atoms with Crippen molar-refractivity contribution < 1.29 is 23.9 Å². The second-order valence-electron chi connectivity index (χ2n) is 8.16. The minimum absolute atomic E-state index is 0.211. The minimum atomic E-state index is -4.56. The topological polar surface area (TPSA) is 76.0 Å². The molecule has 5 nitrogen and oxygen atoms in total. The Hall–Kier alpha value is 0.0700. The van der Waals surface area contributed by atoms with Gasteiger partial charge >= 0.3 is 7.82 Å². The molecule has 1 atom stereocenters. The highest BCUT2D eigenvalue weighted by molar-refractivity contribution is 7.46. The fourth-order valence-electron chi connectivity index (χ4n) is 3.55. The van der Waals surface area contributed by atoms with Crippen LogP contribution < -0.4 is 0 Å². The summed E-state index contributed by atoms with van der Waals surface area (Å²) >= 11 is 0. The first kappa shape index (κ1) is 28.1. The van der Waals surface area contributed by atoms with E-state index in [0.29, 0.717) is 0 Å². The smallest absolute Gasteiger partial charge is 0.301 e. The lowest BCUT2D eigenvalue weighted by atomic mass is 10.0. The molecule has 0 aliphatic heterocycles. The van der Waals surface area contributed by atoms with Crippen LogP contribution in [0.2, 0.25) is 0 Å². The summed E-state index contributed by atoms with van der Waals surface area (Å²) in [4.78, 5) is 22.7. The fourth-order valence-corrected chi connectivity index (χ4v) is 3.78. The Bertz CT molecular complexity index is 359. The zero-order valence-corrected chi connectivity index (χ0v) is 19.5. The summed E-state index contributed by atoms with van der Waals surface area (Å²) in [6, 6.07) is 0. The second-order valence-corrected chi connectivity index (χ2v) is 9.29. The van der Waals surface area contributed by atoms with Crippen LogP contribution in [0, 0.1) is 0 Å². The van der Waals surface area contributed by atoms with E-state index in [1.807, 2.05) is 0 Å². The molecule has 0 amide bonds. The van der Waals surface area contributed by atoms with Crippen molar-refractivity contribution in [2.24, 2.45) is 0 Å². The Balaban J connectivity index is 3.62. The van der Waals surface area contributed by atoms with E-state index in [2.05, 4.69) is 18.5 Å². The summed E-state index contributed by atoms with van der Waals surface area (Å²) in [6.45, 7) is 4.43. The molecule has 0 aliphatic rings. The Kier molecular flexibility index (Phi) is 20.4. The SMILES string of the molecule is CCCCCCCCCCCCCCCC(CCCCCC)OOP(=O)(O)O. The second kappa shape index (κ2) is 20.3. The van der Waals surface area contributed by atoms with E-state index in [9.17, 15) is 4.57 Å². The van der Waals surface area contributed by atoms with E-state index >= 15 is 0 Å². The van der Waals surface area contributed by atoms with E-state index in [1.54, 1.807) is 0 Å². The lowest BCUT2D eigenvalue weighted by molar-refractivity contribution is -0.261. The monoisotopic (exact) mass is 422 g/mol. The van der Waals surface area contributed by atoms with Gasteiger partial charge in [-0.15, -0.1) is 4.67 Å². The van der Waals surface area contributed by atoms with Crippen LogP contribution in [0.25, 0.3) is 0 Å². The zero-order valence-electron chi connectivity index (χ0n) is 18.6. The molecule has 0 radical (unpaired) electrons. The summed E-state index contributed by atoms with van der Waals surface area (Å²) in [5.41, 5.74) is 0. The molecule has 0 aromatic carbocycles. The molecule has 170 valence electrons. The molecular weight excluding hydrogens is 375 g/mol. The highest BCUT2D eigenvalue weighted by Gasteiger charge is 2.19. The normalized spacial score (nSPS) is 13.1. The van der Waals surface area contributed by atoms with Crippen molar-refractivity contribution >= 4 is 7.82 Å². The summed E-state index contributed by atoms with van der Waals surface area (Å²) in [6.07, 6.45) is 23.0. The average molecular weight is 423 g/mol. The molecular formula is C22H47O5P. The summed E-state index contributed by atoms with van der Waals surface area (Å²) in [5.74, 6) is 0. The quantitative estimate of drug-likeness (QED) is 0.0804. The van der Waals surface area contributed by atoms with E-state index in [0.717, 1.165) is 38.5 Å². The number of hydrogen-bond acceptors (Lipinski definition) is 3. The summed E-state index contributed by atoms with van der Waals surface area (Å²) < 4.78 is 15.1. The summed E-state index contributed by atoms with van der Waals surface area (Å²) in [5, 5.41) is 0. The van der Waals surface area contributed by atoms with E-state index < -0.39 is 7.82 Å². The molecule has 0 saturated heterocycles. The van der Waals surface area contributed by atoms with Gasteiger partial charge in [0.15, 0.2) is 0 Å². The Morgan fingerprint density at radius 1 is 0.607 bits per heavy atom. The van der Waals surface area contributed by atoms with Gasteiger partial charge in [-0.2, -0.15) is 0 Å². The van der Waals surface area contributed by atoms with Gasteiger partial charge in [-0.25, -0.2) is 9.45 Å². The molecule has 2 N–H and O–H groups in total. The molecule has 0 aromatic rings. The Morgan fingerprint density at radius 3 is 1.29 bits per heavy atom. The molecule has 0 spiro atoms. The van der Waals surface area contributed by atoms with Crippen LogP contribution in [0.4, 0.5) is 0 Å². The van der Waals surface area contributed by atoms with Crippen molar-refractivity contribution in [3.63, 3.8) is 0 Å². The molecule has 0 heterocycles. The van der Waals surface area contributed by atoms with E-state index in [4.69, 9.17) is 14.7 Å². The molecule has 0 rings (SSSR count). The van der Waals surface area contributed by atoms with Gasteiger partial charge in [-0.3, -0.25) is 0 Å². The molecule has 28 heavy (non-hydrogen) atoms. The maximum absolute atomic E-state index is 10.8. The molecule has 0 fully saturated rings. The van der Waals surface area contributed by atoms with Crippen molar-refractivity contribution in [2.75, 3.05) is 0 Å². The molecule has 0 aromatic heterocycles. The molecule has 1 unspecified atom stereocenters. The maximum atomic E-state index is 10.8. The van der Waals surface area contributed by atoms with Crippen LogP contribution in [0.3, 0.4) is 0 Å². The van der Waals surface area contributed by atoms with Crippen LogP contribution in [0.1, 0.15) is 136 Å².